The smallest absolute Gasteiger partial charge is 0.0110 e. The first-order chi connectivity index (χ1) is 9.37. The van der Waals surface area contributed by atoms with Crippen molar-refractivity contribution in [2.75, 3.05) is 39.3 Å². The summed E-state index contributed by atoms with van der Waals surface area (Å²) < 4.78 is 0. The third-order valence-corrected chi connectivity index (χ3v) is 4.17. The molecule has 2 nitrogen and oxygen atoms in total. The summed E-state index contributed by atoms with van der Waals surface area (Å²) in [4.78, 5) is 5.31. The summed E-state index contributed by atoms with van der Waals surface area (Å²) in [6, 6.07) is 0. The summed E-state index contributed by atoms with van der Waals surface area (Å²) in [5, 5.41) is 0. The Balaban J connectivity index is 2.00. The van der Waals surface area contributed by atoms with E-state index in [2.05, 4.69) is 44.4 Å². The van der Waals surface area contributed by atoms with Crippen LogP contribution in [0.1, 0.15) is 66.7 Å². The highest BCUT2D eigenvalue weighted by Gasteiger charge is 2.20. The van der Waals surface area contributed by atoms with E-state index >= 15 is 0 Å². The first-order valence-corrected chi connectivity index (χ1v) is 8.81. The van der Waals surface area contributed by atoms with Crippen LogP contribution in [0.15, 0.2) is 0 Å². The molecule has 1 saturated heterocycles. The Morgan fingerprint density at radius 3 is 1.90 bits per heavy atom. The van der Waals surface area contributed by atoms with Crippen molar-refractivity contribution in [3.8, 4) is 0 Å². The second kappa shape index (κ2) is 9.04. The molecule has 0 radical (unpaired) electrons. The van der Waals surface area contributed by atoms with Gasteiger partial charge in [-0.2, -0.15) is 0 Å². The Hall–Kier alpha value is -0.0800. The molecule has 0 saturated carbocycles. The average Bonchev–Trinajstić information content (AvgIpc) is 2.33. The maximum Gasteiger partial charge on any atom is 0.0110 e. The molecule has 0 amide bonds. The largest absolute Gasteiger partial charge is 0.301 e. The molecule has 0 N–H and O–H groups in total. The third kappa shape index (κ3) is 8.97. The van der Waals surface area contributed by atoms with Crippen molar-refractivity contribution in [2.45, 2.75) is 66.7 Å². The van der Waals surface area contributed by atoms with Gasteiger partial charge in [0.2, 0.25) is 0 Å². The van der Waals surface area contributed by atoms with Gasteiger partial charge in [0.25, 0.3) is 0 Å². The Kier molecular flexibility index (Phi) is 8.13. The van der Waals surface area contributed by atoms with E-state index in [0.717, 1.165) is 5.92 Å². The lowest BCUT2D eigenvalue weighted by atomic mass is 9.96. The highest BCUT2D eigenvalue weighted by molar-refractivity contribution is 4.76. The topological polar surface area (TPSA) is 6.48 Å². The van der Waals surface area contributed by atoms with Gasteiger partial charge in [-0.3, -0.25) is 0 Å². The molecular formula is C18H38N2. The van der Waals surface area contributed by atoms with Crippen molar-refractivity contribution in [2.24, 2.45) is 11.3 Å². The molecule has 0 bridgehead atoms. The Bertz CT molecular complexity index is 234. The van der Waals surface area contributed by atoms with Gasteiger partial charge in [0.1, 0.15) is 0 Å². The Morgan fingerprint density at radius 2 is 1.35 bits per heavy atom. The first-order valence-electron chi connectivity index (χ1n) is 8.81. The van der Waals surface area contributed by atoms with Crippen molar-refractivity contribution in [3.05, 3.63) is 0 Å². The minimum absolute atomic E-state index is 0.443. The standard InChI is InChI=1S/C18H38N2/c1-17(2)10-8-6-7-9-11-19-12-14-20(15-13-19)16-18(3,4)5/h17H,6-16H2,1-5H3. The molecule has 0 aromatic heterocycles. The van der Waals surface area contributed by atoms with Crippen molar-refractivity contribution >= 4 is 0 Å². The van der Waals surface area contributed by atoms with Gasteiger partial charge < -0.3 is 9.80 Å². The predicted molar refractivity (Wildman–Crippen MR) is 90.3 cm³/mol. The molecule has 1 aliphatic heterocycles. The lowest BCUT2D eigenvalue weighted by Crippen LogP contribution is -2.48. The fourth-order valence-corrected chi connectivity index (χ4v) is 3.08. The fraction of sp³-hybridized carbons (Fsp3) is 1.00. The predicted octanol–water partition coefficient (Wildman–Crippen LogP) is 4.26. The number of hydrogen-bond donors (Lipinski definition) is 0. The number of hydrogen-bond acceptors (Lipinski definition) is 2. The van der Waals surface area contributed by atoms with Crippen molar-refractivity contribution < 1.29 is 0 Å². The van der Waals surface area contributed by atoms with Gasteiger partial charge in [0, 0.05) is 32.7 Å². The summed E-state index contributed by atoms with van der Waals surface area (Å²) >= 11 is 0. The van der Waals surface area contributed by atoms with Gasteiger partial charge in [-0.1, -0.05) is 60.3 Å². The minimum Gasteiger partial charge on any atom is -0.301 e. The van der Waals surface area contributed by atoms with Gasteiger partial charge in [0.05, 0.1) is 0 Å². The van der Waals surface area contributed by atoms with Gasteiger partial charge in [0.15, 0.2) is 0 Å². The van der Waals surface area contributed by atoms with Crippen LogP contribution in [-0.2, 0) is 0 Å². The molecule has 20 heavy (non-hydrogen) atoms. The summed E-state index contributed by atoms with van der Waals surface area (Å²) in [6.45, 7) is 19.4. The quantitative estimate of drug-likeness (QED) is 0.614. The maximum atomic E-state index is 2.67. The van der Waals surface area contributed by atoms with Gasteiger partial charge in [-0.05, 0) is 24.3 Å². The summed E-state index contributed by atoms with van der Waals surface area (Å²) in [6.07, 6.45) is 7.09. The van der Waals surface area contributed by atoms with Crippen molar-refractivity contribution in [1.82, 2.24) is 9.80 Å². The number of piperazine rings is 1. The van der Waals surface area contributed by atoms with E-state index in [0.29, 0.717) is 5.41 Å². The van der Waals surface area contributed by atoms with Crippen LogP contribution in [0.5, 0.6) is 0 Å². The van der Waals surface area contributed by atoms with E-state index < -0.39 is 0 Å². The van der Waals surface area contributed by atoms with Crippen LogP contribution < -0.4 is 0 Å². The zero-order chi connectivity index (χ0) is 15.0. The summed E-state index contributed by atoms with van der Waals surface area (Å²) in [5.41, 5.74) is 0.443. The lowest BCUT2D eigenvalue weighted by Gasteiger charge is -2.37. The Morgan fingerprint density at radius 1 is 0.800 bits per heavy atom. The summed E-state index contributed by atoms with van der Waals surface area (Å²) in [7, 11) is 0. The second-order valence-electron chi connectivity index (χ2n) is 8.28. The van der Waals surface area contributed by atoms with Crippen LogP contribution in [-0.4, -0.2) is 49.1 Å². The normalized spacial score (nSPS) is 18.9. The van der Waals surface area contributed by atoms with Crippen LogP contribution in [0.3, 0.4) is 0 Å². The van der Waals surface area contributed by atoms with E-state index in [1.165, 1.54) is 71.4 Å². The first kappa shape index (κ1) is 18.0. The van der Waals surface area contributed by atoms with Crippen LogP contribution in [0.25, 0.3) is 0 Å². The van der Waals surface area contributed by atoms with Gasteiger partial charge in [-0.15, -0.1) is 0 Å². The highest BCUT2D eigenvalue weighted by Crippen LogP contribution is 2.16. The Labute approximate surface area is 127 Å². The molecule has 0 atom stereocenters. The number of rotatable bonds is 8. The molecule has 0 aliphatic carbocycles. The molecule has 1 heterocycles. The second-order valence-corrected chi connectivity index (χ2v) is 8.28. The van der Waals surface area contributed by atoms with Crippen molar-refractivity contribution in [1.29, 1.82) is 0 Å². The van der Waals surface area contributed by atoms with Crippen LogP contribution >= 0.6 is 0 Å². The number of unbranched alkanes of at least 4 members (excludes halogenated alkanes) is 3. The van der Waals surface area contributed by atoms with Crippen molar-refractivity contribution in [3.63, 3.8) is 0 Å². The summed E-state index contributed by atoms with van der Waals surface area (Å²) in [5.74, 6) is 0.880. The molecule has 0 aromatic rings. The zero-order valence-electron chi connectivity index (χ0n) is 14.7. The minimum atomic E-state index is 0.443. The molecule has 1 rings (SSSR count). The maximum absolute atomic E-state index is 2.67. The molecule has 1 aliphatic rings. The van der Waals surface area contributed by atoms with E-state index in [4.69, 9.17) is 0 Å². The fourth-order valence-electron chi connectivity index (χ4n) is 3.08. The molecule has 0 spiro atoms. The van der Waals surface area contributed by atoms with Crippen LogP contribution in [0, 0.1) is 11.3 Å². The molecule has 0 unspecified atom stereocenters. The van der Waals surface area contributed by atoms with Gasteiger partial charge in [-0.25, -0.2) is 0 Å². The van der Waals surface area contributed by atoms with E-state index in [9.17, 15) is 0 Å². The highest BCUT2D eigenvalue weighted by atomic mass is 15.3. The number of nitrogens with zero attached hydrogens (tertiary/aromatic N) is 2. The van der Waals surface area contributed by atoms with Crippen LogP contribution in [0.2, 0.25) is 0 Å². The molecule has 0 aromatic carbocycles. The third-order valence-electron chi connectivity index (χ3n) is 4.17. The van der Waals surface area contributed by atoms with E-state index in [1.807, 2.05) is 0 Å². The average molecular weight is 283 g/mol. The molecular weight excluding hydrogens is 244 g/mol. The van der Waals surface area contributed by atoms with E-state index in [-0.39, 0.29) is 0 Å². The SMILES string of the molecule is CC(C)CCCCCCN1CCN(CC(C)(C)C)CC1. The molecule has 2 heteroatoms. The monoisotopic (exact) mass is 282 g/mol. The molecule has 120 valence electrons. The van der Waals surface area contributed by atoms with Gasteiger partial charge >= 0.3 is 0 Å². The zero-order valence-corrected chi connectivity index (χ0v) is 14.7. The van der Waals surface area contributed by atoms with E-state index in [1.54, 1.807) is 0 Å². The lowest BCUT2D eigenvalue weighted by molar-refractivity contribution is 0.101. The molecule has 1 fully saturated rings. The van der Waals surface area contributed by atoms with Crippen LogP contribution in [0.4, 0.5) is 0 Å².